The van der Waals surface area contributed by atoms with E-state index >= 15 is 0 Å². The zero-order valence-electron chi connectivity index (χ0n) is 10.9. The number of thiazole rings is 1. The van der Waals surface area contributed by atoms with Gasteiger partial charge in [-0.3, -0.25) is 9.20 Å². The molecule has 0 bridgehead atoms. The standard InChI is InChI=1S/C14H11N3O3S/c18-13(9-1-2-11-12(5-9)20-8-19-11)16-6-10-7-21-14-15-3-4-17(10)14/h1-5,7H,6,8H2,(H,16,18). The van der Waals surface area contributed by atoms with E-state index in [0.29, 0.717) is 23.6 Å². The summed E-state index contributed by atoms with van der Waals surface area (Å²) in [6.45, 7) is 0.650. The van der Waals surface area contributed by atoms with Gasteiger partial charge in [0, 0.05) is 23.3 Å². The summed E-state index contributed by atoms with van der Waals surface area (Å²) in [5.41, 5.74) is 1.55. The quantitative estimate of drug-likeness (QED) is 0.804. The van der Waals surface area contributed by atoms with Gasteiger partial charge in [0.15, 0.2) is 16.5 Å². The molecule has 0 spiro atoms. The normalized spacial score (nSPS) is 12.8. The Labute approximate surface area is 123 Å². The molecule has 0 saturated carbocycles. The number of imidazole rings is 1. The summed E-state index contributed by atoms with van der Waals surface area (Å²) in [4.78, 5) is 17.3. The third kappa shape index (κ3) is 2.11. The van der Waals surface area contributed by atoms with E-state index in [4.69, 9.17) is 9.47 Å². The van der Waals surface area contributed by atoms with Crippen molar-refractivity contribution < 1.29 is 14.3 Å². The topological polar surface area (TPSA) is 64.9 Å². The van der Waals surface area contributed by atoms with Crippen LogP contribution in [0.25, 0.3) is 4.96 Å². The Balaban J connectivity index is 1.50. The molecule has 7 heteroatoms. The van der Waals surface area contributed by atoms with Crippen LogP contribution in [0.15, 0.2) is 36.0 Å². The Morgan fingerprint density at radius 3 is 3.24 bits per heavy atom. The van der Waals surface area contributed by atoms with E-state index in [1.165, 1.54) is 0 Å². The fourth-order valence-electron chi connectivity index (χ4n) is 2.21. The second-order valence-corrected chi connectivity index (χ2v) is 5.39. The van der Waals surface area contributed by atoms with Gasteiger partial charge in [0.05, 0.1) is 12.2 Å². The summed E-state index contributed by atoms with van der Waals surface area (Å²) >= 11 is 1.55. The molecule has 2 aromatic heterocycles. The van der Waals surface area contributed by atoms with Crippen molar-refractivity contribution in [1.82, 2.24) is 14.7 Å². The van der Waals surface area contributed by atoms with E-state index in [1.807, 2.05) is 16.0 Å². The van der Waals surface area contributed by atoms with Crippen LogP contribution in [0.1, 0.15) is 16.1 Å². The van der Waals surface area contributed by atoms with Crippen molar-refractivity contribution in [1.29, 1.82) is 0 Å². The molecule has 0 aliphatic carbocycles. The molecule has 106 valence electrons. The third-order valence-electron chi connectivity index (χ3n) is 3.28. The van der Waals surface area contributed by atoms with Gasteiger partial charge in [0.25, 0.3) is 5.91 Å². The summed E-state index contributed by atoms with van der Waals surface area (Å²) in [5, 5.41) is 4.89. The predicted octanol–water partition coefficient (Wildman–Crippen LogP) is 2.05. The number of carbonyl (C=O) groups is 1. The van der Waals surface area contributed by atoms with Gasteiger partial charge in [-0.15, -0.1) is 11.3 Å². The molecule has 0 radical (unpaired) electrons. The molecular formula is C14H11N3O3S. The first-order chi connectivity index (χ1) is 10.3. The zero-order chi connectivity index (χ0) is 14.2. The van der Waals surface area contributed by atoms with Gasteiger partial charge in [0.1, 0.15) is 0 Å². The molecular weight excluding hydrogens is 290 g/mol. The summed E-state index contributed by atoms with van der Waals surface area (Å²) in [7, 11) is 0. The first-order valence-electron chi connectivity index (χ1n) is 6.38. The van der Waals surface area contributed by atoms with Crippen LogP contribution in [-0.4, -0.2) is 22.1 Å². The Kier molecular flexibility index (Phi) is 2.78. The van der Waals surface area contributed by atoms with Crippen molar-refractivity contribution in [2.75, 3.05) is 6.79 Å². The highest BCUT2D eigenvalue weighted by Crippen LogP contribution is 2.32. The average Bonchev–Trinajstić information content (AvgIpc) is 3.20. The fraction of sp³-hybridized carbons (Fsp3) is 0.143. The predicted molar refractivity (Wildman–Crippen MR) is 76.8 cm³/mol. The van der Waals surface area contributed by atoms with Crippen LogP contribution < -0.4 is 14.8 Å². The highest BCUT2D eigenvalue weighted by atomic mass is 32.1. The lowest BCUT2D eigenvalue weighted by molar-refractivity contribution is 0.0950. The van der Waals surface area contributed by atoms with Gasteiger partial charge in [-0.05, 0) is 18.2 Å². The Hall–Kier alpha value is -2.54. The number of carbonyl (C=O) groups excluding carboxylic acids is 1. The molecule has 1 aliphatic rings. The molecule has 3 heterocycles. The zero-order valence-corrected chi connectivity index (χ0v) is 11.7. The Bertz CT molecular complexity index is 824. The maximum absolute atomic E-state index is 12.2. The summed E-state index contributed by atoms with van der Waals surface area (Å²) in [6.07, 6.45) is 3.63. The highest BCUT2D eigenvalue weighted by molar-refractivity contribution is 7.15. The molecule has 0 atom stereocenters. The maximum Gasteiger partial charge on any atom is 0.251 e. The molecule has 0 saturated heterocycles. The third-order valence-corrected chi connectivity index (χ3v) is 4.18. The van der Waals surface area contributed by atoms with Gasteiger partial charge >= 0.3 is 0 Å². The minimum absolute atomic E-state index is 0.146. The largest absolute Gasteiger partial charge is 0.454 e. The number of aromatic nitrogens is 2. The lowest BCUT2D eigenvalue weighted by Crippen LogP contribution is -2.23. The average molecular weight is 301 g/mol. The molecule has 0 fully saturated rings. The smallest absolute Gasteiger partial charge is 0.251 e. The number of fused-ring (bicyclic) bond motifs is 2. The minimum atomic E-state index is -0.146. The number of nitrogens with one attached hydrogen (secondary N) is 1. The fourth-order valence-corrected chi connectivity index (χ4v) is 3.06. The number of amides is 1. The molecule has 4 rings (SSSR count). The molecule has 21 heavy (non-hydrogen) atoms. The van der Waals surface area contributed by atoms with Gasteiger partial charge in [-0.25, -0.2) is 4.98 Å². The molecule has 1 N–H and O–H groups in total. The van der Waals surface area contributed by atoms with Crippen molar-refractivity contribution >= 4 is 22.2 Å². The Morgan fingerprint density at radius 2 is 2.29 bits per heavy atom. The molecule has 6 nitrogen and oxygen atoms in total. The number of hydrogen-bond acceptors (Lipinski definition) is 5. The van der Waals surface area contributed by atoms with Gasteiger partial charge in [-0.2, -0.15) is 0 Å². The highest BCUT2D eigenvalue weighted by Gasteiger charge is 2.16. The van der Waals surface area contributed by atoms with Crippen molar-refractivity contribution in [3.05, 3.63) is 47.2 Å². The van der Waals surface area contributed by atoms with Crippen molar-refractivity contribution in [2.45, 2.75) is 6.54 Å². The van der Waals surface area contributed by atoms with Crippen LogP contribution in [0.3, 0.4) is 0 Å². The molecule has 1 amide bonds. The van der Waals surface area contributed by atoms with E-state index in [0.717, 1.165) is 10.7 Å². The van der Waals surface area contributed by atoms with E-state index in [1.54, 1.807) is 35.7 Å². The van der Waals surface area contributed by atoms with E-state index in [9.17, 15) is 4.79 Å². The number of hydrogen-bond donors (Lipinski definition) is 1. The van der Waals surface area contributed by atoms with E-state index in [-0.39, 0.29) is 12.7 Å². The van der Waals surface area contributed by atoms with Crippen molar-refractivity contribution in [3.63, 3.8) is 0 Å². The lowest BCUT2D eigenvalue weighted by Gasteiger charge is -2.05. The first-order valence-corrected chi connectivity index (χ1v) is 7.26. The maximum atomic E-state index is 12.2. The molecule has 0 unspecified atom stereocenters. The van der Waals surface area contributed by atoms with Crippen LogP contribution in [0, 0.1) is 0 Å². The first kappa shape index (κ1) is 12.2. The molecule has 1 aromatic carbocycles. The number of nitrogens with zero attached hydrogens (tertiary/aromatic N) is 2. The number of benzene rings is 1. The summed E-state index contributed by atoms with van der Waals surface area (Å²) in [5.74, 6) is 1.13. The van der Waals surface area contributed by atoms with Gasteiger partial charge in [-0.1, -0.05) is 0 Å². The second-order valence-electron chi connectivity index (χ2n) is 4.56. The lowest BCUT2D eigenvalue weighted by atomic mass is 10.2. The number of ether oxygens (including phenoxy) is 2. The monoisotopic (exact) mass is 301 g/mol. The summed E-state index contributed by atoms with van der Waals surface area (Å²) in [6, 6.07) is 5.16. The van der Waals surface area contributed by atoms with Gasteiger partial charge in [0.2, 0.25) is 6.79 Å². The molecule has 1 aliphatic heterocycles. The van der Waals surface area contributed by atoms with Crippen LogP contribution in [0.4, 0.5) is 0 Å². The SMILES string of the molecule is O=C(NCc1csc2nccn12)c1ccc2c(c1)OCO2. The van der Waals surface area contributed by atoms with Crippen LogP contribution in [-0.2, 0) is 6.54 Å². The van der Waals surface area contributed by atoms with Crippen molar-refractivity contribution in [3.8, 4) is 11.5 Å². The van der Waals surface area contributed by atoms with Crippen LogP contribution >= 0.6 is 11.3 Å². The number of rotatable bonds is 3. The summed E-state index contributed by atoms with van der Waals surface area (Å²) < 4.78 is 12.5. The minimum Gasteiger partial charge on any atom is -0.454 e. The van der Waals surface area contributed by atoms with Crippen LogP contribution in [0.5, 0.6) is 11.5 Å². The van der Waals surface area contributed by atoms with Crippen LogP contribution in [0.2, 0.25) is 0 Å². The van der Waals surface area contributed by atoms with E-state index < -0.39 is 0 Å². The van der Waals surface area contributed by atoms with Gasteiger partial charge < -0.3 is 14.8 Å². The Morgan fingerprint density at radius 1 is 1.38 bits per heavy atom. The molecule has 3 aromatic rings. The second kappa shape index (κ2) is 4.78. The van der Waals surface area contributed by atoms with Crippen molar-refractivity contribution in [2.24, 2.45) is 0 Å². The van der Waals surface area contributed by atoms with E-state index in [2.05, 4.69) is 10.3 Å².